The highest BCUT2D eigenvalue weighted by molar-refractivity contribution is 6.31. The predicted octanol–water partition coefficient (Wildman–Crippen LogP) is 3.90. The molecule has 0 saturated carbocycles. The molecule has 0 aliphatic heterocycles. The van der Waals surface area contributed by atoms with Gasteiger partial charge in [-0.15, -0.1) is 0 Å². The van der Waals surface area contributed by atoms with Gasteiger partial charge < -0.3 is 15.8 Å². The van der Waals surface area contributed by atoms with Crippen LogP contribution in [0.5, 0.6) is 5.75 Å². The third-order valence-corrected chi connectivity index (χ3v) is 3.45. The Bertz CT molecular complexity index is 675. The first-order valence-corrected chi connectivity index (χ1v) is 6.95. The summed E-state index contributed by atoms with van der Waals surface area (Å²) in [5.41, 5.74) is 7.54. The fourth-order valence-corrected chi connectivity index (χ4v) is 1.97. The summed E-state index contributed by atoms with van der Waals surface area (Å²) < 4.78 is 5.40. The van der Waals surface area contributed by atoms with Gasteiger partial charge in [-0.1, -0.05) is 23.2 Å². The average molecular weight is 325 g/mol. The quantitative estimate of drug-likeness (QED) is 0.838. The maximum atomic E-state index is 11.8. The van der Waals surface area contributed by atoms with Crippen molar-refractivity contribution < 1.29 is 9.53 Å². The number of hydrogen-bond acceptors (Lipinski definition) is 3. The summed E-state index contributed by atoms with van der Waals surface area (Å²) in [5, 5.41) is 3.79. The lowest BCUT2D eigenvalue weighted by atomic mass is 10.2. The van der Waals surface area contributed by atoms with Crippen LogP contribution in [0.3, 0.4) is 0 Å². The second kappa shape index (κ2) is 6.70. The molecule has 0 radical (unpaired) electrons. The van der Waals surface area contributed by atoms with Crippen molar-refractivity contribution in [1.29, 1.82) is 0 Å². The van der Waals surface area contributed by atoms with Gasteiger partial charge in [0.25, 0.3) is 5.91 Å². The molecule has 0 aliphatic carbocycles. The molecule has 110 valence electrons. The van der Waals surface area contributed by atoms with Crippen molar-refractivity contribution in [2.24, 2.45) is 0 Å². The van der Waals surface area contributed by atoms with Crippen LogP contribution in [0.2, 0.25) is 10.0 Å². The van der Waals surface area contributed by atoms with E-state index in [0.29, 0.717) is 27.2 Å². The molecule has 1 amide bonds. The summed E-state index contributed by atoms with van der Waals surface area (Å²) in [6.07, 6.45) is 0. The summed E-state index contributed by atoms with van der Waals surface area (Å²) in [6, 6.07) is 10.1. The molecule has 0 saturated heterocycles. The molecule has 2 rings (SSSR count). The van der Waals surface area contributed by atoms with E-state index < -0.39 is 0 Å². The minimum absolute atomic E-state index is 0.132. The Morgan fingerprint density at radius 2 is 2.00 bits per heavy atom. The first kappa shape index (κ1) is 15.5. The molecule has 0 aliphatic rings. The molecule has 21 heavy (non-hydrogen) atoms. The van der Waals surface area contributed by atoms with Gasteiger partial charge in [0.05, 0.1) is 11.4 Å². The minimum atomic E-state index is -0.323. The topological polar surface area (TPSA) is 64.3 Å². The number of aryl methyl sites for hydroxylation is 1. The number of carbonyl (C=O) groups is 1. The molecule has 0 fully saturated rings. The number of anilines is 2. The van der Waals surface area contributed by atoms with Crippen molar-refractivity contribution in [2.75, 3.05) is 17.7 Å². The molecule has 2 aromatic carbocycles. The summed E-state index contributed by atoms with van der Waals surface area (Å²) in [6.45, 7) is 1.73. The van der Waals surface area contributed by atoms with Crippen molar-refractivity contribution in [3.05, 3.63) is 52.0 Å². The number of carbonyl (C=O) groups excluding carboxylic acids is 1. The maximum absolute atomic E-state index is 11.8. The van der Waals surface area contributed by atoms with E-state index in [4.69, 9.17) is 33.7 Å². The Morgan fingerprint density at radius 3 is 2.71 bits per heavy atom. The molecule has 0 unspecified atom stereocenters. The van der Waals surface area contributed by atoms with Crippen LogP contribution in [-0.2, 0) is 4.79 Å². The summed E-state index contributed by atoms with van der Waals surface area (Å²) >= 11 is 11.8. The van der Waals surface area contributed by atoms with Gasteiger partial charge in [-0.25, -0.2) is 0 Å². The second-order valence-corrected chi connectivity index (χ2v) is 5.32. The largest absolute Gasteiger partial charge is 0.484 e. The number of halogens is 2. The van der Waals surface area contributed by atoms with Crippen molar-refractivity contribution in [1.82, 2.24) is 0 Å². The highest BCUT2D eigenvalue weighted by Gasteiger charge is 2.07. The molecule has 0 spiro atoms. The predicted molar refractivity (Wildman–Crippen MR) is 86.2 cm³/mol. The Balaban J connectivity index is 1.95. The number of nitrogens with one attached hydrogen (secondary N) is 1. The number of rotatable bonds is 4. The monoisotopic (exact) mass is 324 g/mol. The highest BCUT2D eigenvalue weighted by atomic mass is 35.5. The molecule has 0 aromatic heterocycles. The van der Waals surface area contributed by atoms with Crippen LogP contribution in [-0.4, -0.2) is 12.5 Å². The van der Waals surface area contributed by atoms with Gasteiger partial charge in [0.15, 0.2) is 6.61 Å². The Morgan fingerprint density at radius 1 is 1.24 bits per heavy atom. The van der Waals surface area contributed by atoms with Crippen molar-refractivity contribution in [3.8, 4) is 5.75 Å². The van der Waals surface area contributed by atoms with Gasteiger partial charge in [0.2, 0.25) is 0 Å². The number of nitrogens with two attached hydrogens (primary N) is 1. The van der Waals surface area contributed by atoms with Crippen LogP contribution >= 0.6 is 23.2 Å². The Hall–Kier alpha value is -1.91. The molecule has 3 N–H and O–H groups in total. The van der Waals surface area contributed by atoms with Crippen LogP contribution < -0.4 is 15.8 Å². The SMILES string of the molecule is Cc1cc(OCC(=O)Nc2cc(Cl)ccc2N)ccc1Cl. The first-order chi connectivity index (χ1) is 9.95. The van der Waals surface area contributed by atoms with Gasteiger partial charge in [0.1, 0.15) is 5.75 Å². The van der Waals surface area contributed by atoms with Gasteiger partial charge in [-0.2, -0.15) is 0 Å². The van der Waals surface area contributed by atoms with E-state index in [-0.39, 0.29) is 12.5 Å². The van der Waals surface area contributed by atoms with Crippen LogP contribution in [0.4, 0.5) is 11.4 Å². The van der Waals surface area contributed by atoms with Crippen LogP contribution in [0.25, 0.3) is 0 Å². The number of hydrogen-bond donors (Lipinski definition) is 2. The lowest BCUT2D eigenvalue weighted by Crippen LogP contribution is -2.20. The standard InChI is InChI=1S/C15H14Cl2N2O2/c1-9-6-11(3-4-12(9)17)21-8-15(20)19-14-7-10(16)2-5-13(14)18/h2-7H,8,18H2,1H3,(H,19,20). The second-order valence-electron chi connectivity index (χ2n) is 4.48. The number of benzene rings is 2. The summed E-state index contributed by atoms with van der Waals surface area (Å²) in [7, 11) is 0. The number of nitrogen functional groups attached to an aromatic ring is 1. The molecule has 6 heteroatoms. The molecular formula is C15H14Cl2N2O2. The lowest BCUT2D eigenvalue weighted by molar-refractivity contribution is -0.118. The van der Waals surface area contributed by atoms with Crippen molar-refractivity contribution in [2.45, 2.75) is 6.92 Å². The van der Waals surface area contributed by atoms with E-state index in [1.54, 1.807) is 36.4 Å². The average Bonchev–Trinajstić information content (AvgIpc) is 2.44. The van der Waals surface area contributed by atoms with Gasteiger partial charge in [0, 0.05) is 10.0 Å². The zero-order chi connectivity index (χ0) is 15.4. The third-order valence-electron chi connectivity index (χ3n) is 2.79. The Kier molecular flexibility index (Phi) is 4.94. The maximum Gasteiger partial charge on any atom is 0.262 e. The smallest absolute Gasteiger partial charge is 0.262 e. The molecule has 0 bridgehead atoms. The van der Waals surface area contributed by atoms with Crippen LogP contribution in [0.15, 0.2) is 36.4 Å². The van der Waals surface area contributed by atoms with Gasteiger partial charge in [-0.05, 0) is 48.9 Å². The normalized spacial score (nSPS) is 10.2. The van der Waals surface area contributed by atoms with E-state index in [0.717, 1.165) is 5.56 Å². The molecule has 0 heterocycles. The van der Waals surface area contributed by atoms with Gasteiger partial charge >= 0.3 is 0 Å². The zero-order valence-corrected chi connectivity index (χ0v) is 12.8. The lowest BCUT2D eigenvalue weighted by Gasteiger charge is -2.10. The molecule has 4 nitrogen and oxygen atoms in total. The van der Waals surface area contributed by atoms with Crippen molar-refractivity contribution in [3.63, 3.8) is 0 Å². The van der Waals surface area contributed by atoms with Crippen LogP contribution in [0, 0.1) is 6.92 Å². The molecule has 2 aromatic rings. The molecule has 0 atom stereocenters. The van der Waals surface area contributed by atoms with E-state index in [9.17, 15) is 4.79 Å². The fraction of sp³-hybridized carbons (Fsp3) is 0.133. The Labute approximate surface area is 132 Å². The summed E-state index contributed by atoms with van der Waals surface area (Å²) in [5.74, 6) is 0.252. The highest BCUT2D eigenvalue weighted by Crippen LogP contribution is 2.23. The van der Waals surface area contributed by atoms with E-state index >= 15 is 0 Å². The first-order valence-electron chi connectivity index (χ1n) is 6.19. The van der Waals surface area contributed by atoms with Gasteiger partial charge in [-0.3, -0.25) is 4.79 Å². The number of ether oxygens (including phenoxy) is 1. The fourth-order valence-electron chi connectivity index (χ4n) is 1.68. The van der Waals surface area contributed by atoms with Crippen LogP contribution in [0.1, 0.15) is 5.56 Å². The summed E-state index contributed by atoms with van der Waals surface area (Å²) in [4.78, 5) is 11.8. The zero-order valence-electron chi connectivity index (χ0n) is 11.3. The molecular weight excluding hydrogens is 311 g/mol. The van der Waals surface area contributed by atoms with Crippen molar-refractivity contribution >= 4 is 40.5 Å². The van der Waals surface area contributed by atoms with E-state index in [2.05, 4.69) is 5.32 Å². The van der Waals surface area contributed by atoms with E-state index in [1.807, 2.05) is 6.92 Å². The third kappa shape index (κ3) is 4.28. The number of amides is 1. The van der Waals surface area contributed by atoms with E-state index in [1.165, 1.54) is 0 Å². The minimum Gasteiger partial charge on any atom is -0.484 e.